The van der Waals surface area contributed by atoms with Crippen molar-refractivity contribution in [2.45, 2.75) is 187 Å². The average Bonchev–Trinajstić information content (AvgIpc) is 3.44. The van der Waals surface area contributed by atoms with Crippen molar-refractivity contribution in [2.24, 2.45) is 5.92 Å². The SMILES string of the molecule is CCCCCC/C=C\CC(=O)N[C@H]1COC(=O)CNC(=O)C(CCCN(O)C(=O)CC)NC(=O)CNC(=O)[C@@H](C)NC(=O)C(CCCN(O)C(=O)CC)NC(=O)[C@H](CO)NC(=O)[C@@H](C(C)C)NC(=O)CNC(=O)C(CCCN(O)C(=O)CC)NC1=O. The molecule has 486 valence electrons. The third-order valence-corrected chi connectivity index (χ3v) is 13.1. The number of carbonyl (C=O) groups excluding carboxylic acids is 14. The van der Waals surface area contributed by atoms with Gasteiger partial charge >= 0.3 is 5.97 Å². The number of aliphatic hydroxyl groups is 1. The third-order valence-electron chi connectivity index (χ3n) is 13.1. The van der Waals surface area contributed by atoms with Gasteiger partial charge in [-0.15, -0.1) is 0 Å². The van der Waals surface area contributed by atoms with E-state index in [9.17, 15) is 87.9 Å². The average molecular weight is 1230 g/mol. The second kappa shape index (κ2) is 42.1. The van der Waals surface area contributed by atoms with E-state index < -0.39 is 164 Å². The lowest BCUT2D eigenvalue weighted by molar-refractivity contribution is -0.165. The van der Waals surface area contributed by atoms with Crippen molar-refractivity contribution in [3.63, 3.8) is 0 Å². The van der Waals surface area contributed by atoms with Crippen LogP contribution in [0.1, 0.15) is 145 Å². The molecule has 32 heteroatoms. The van der Waals surface area contributed by atoms with E-state index in [2.05, 4.69) is 60.1 Å². The summed E-state index contributed by atoms with van der Waals surface area (Å²) in [5.41, 5.74) is 0. The zero-order valence-electron chi connectivity index (χ0n) is 50.3. The molecule has 86 heavy (non-hydrogen) atoms. The molecule has 7 atom stereocenters. The number of nitrogens with zero attached hydrogens (tertiary/aromatic N) is 3. The molecule has 3 unspecified atom stereocenters. The van der Waals surface area contributed by atoms with Gasteiger partial charge in [-0.3, -0.25) is 82.7 Å². The first-order valence-corrected chi connectivity index (χ1v) is 29.0. The Morgan fingerprint density at radius 3 is 1.50 bits per heavy atom. The molecule has 1 aliphatic heterocycles. The van der Waals surface area contributed by atoms with Crippen LogP contribution in [-0.2, 0) is 71.9 Å². The van der Waals surface area contributed by atoms with Crippen LogP contribution in [-0.4, -0.2) is 213 Å². The van der Waals surface area contributed by atoms with Crippen LogP contribution in [0.2, 0.25) is 0 Å². The highest BCUT2D eigenvalue weighted by molar-refractivity contribution is 5.98. The highest BCUT2D eigenvalue weighted by Crippen LogP contribution is 2.09. The van der Waals surface area contributed by atoms with E-state index in [1.165, 1.54) is 41.5 Å². The van der Waals surface area contributed by atoms with Gasteiger partial charge in [0.1, 0.15) is 55.4 Å². The molecule has 0 spiro atoms. The van der Waals surface area contributed by atoms with E-state index in [1.807, 2.05) is 0 Å². The summed E-state index contributed by atoms with van der Waals surface area (Å²) in [5.74, 6) is -13.8. The molecule has 0 saturated carbocycles. The monoisotopic (exact) mass is 1230 g/mol. The number of allylic oxidation sites excluding steroid dienone is 1. The minimum absolute atomic E-state index is 0.0657. The van der Waals surface area contributed by atoms with Crippen molar-refractivity contribution in [1.82, 2.24) is 68.4 Å². The molecule has 0 aliphatic carbocycles. The molecule has 0 radical (unpaired) electrons. The fourth-order valence-electron chi connectivity index (χ4n) is 8.00. The number of ether oxygens (including phenoxy) is 1. The first-order chi connectivity index (χ1) is 40.7. The molecule has 0 bridgehead atoms. The van der Waals surface area contributed by atoms with Gasteiger partial charge in [0.25, 0.3) is 0 Å². The van der Waals surface area contributed by atoms with Crippen LogP contribution in [0.25, 0.3) is 0 Å². The number of hydrogen-bond acceptors (Lipinski definition) is 19. The van der Waals surface area contributed by atoms with Crippen LogP contribution in [0.15, 0.2) is 12.2 Å². The summed E-state index contributed by atoms with van der Waals surface area (Å²) >= 11 is 0. The number of esters is 1. The van der Waals surface area contributed by atoms with Crippen molar-refractivity contribution >= 4 is 82.8 Å². The minimum Gasteiger partial charge on any atom is -0.462 e. The van der Waals surface area contributed by atoms with Gasteiger partial charge in [0.05, 0.1) is 19.7 Å². The molecular weight excluding hydrogens is 1130 g/mol. The molecule has 13 amide bonds. The highest BCUT2D eigenvalue weighted by Gasteiger charge is 2.34. The van der Waals surface area contributed by atoms with Crippen molar-refractivity contribution in [2.75, 3.05) is 52.5 Å². The van der Waals surface area contributed by atoms with Gasteiger partial charge in [0.2, 0.25) is 76.8 Å². The van der Waals surface area contributed by atoms with E-state index >= 15 is 0 Å². The molecule has 0 aromatic heterocycles. The van der Waals surface area contributed by atoms with Crippen LogP contribution in [0, 0.1) is 5.92 Å². The van der Waals surface area contributed by atoms with Gasteiger partial charge in [0.15, 0.2) is 0 Å². The number of hydroxylamine groups is 6. The van der Waals surface area contributed by atoms with E-state index in [1.54, 1.807) is 12.2 Å². The van der Waals surface area contributed by atoms with Crippen molar-refractivity contribution in [3.8, 4) is 0 Å². The van der Waals surface area contributed by atoms with Gasteiger partial charge in [0, 0.05) is 45.3 Å². The topological polar surface area (TPSA) is 459 Å². The minimum atomic E-state index is -1.79. The maximum absolute atomic E-state index is 14.1. The van der Waals surface area contributed by atoms with Crippen LogP contribution >= 0.6 is 0 Å². The standard InChI is InChI=1S/C54H91N13O19/c1-8-12-13-14-15-16-17-24-40(69)60-39-32-86-46(75)30-57-49(77)35(21-18-25-65(83)43(72)9-2)59-41(70)28-55-48(76)34(7)58-51(79)37(23-20-27-67(85)45(74)11-4)62-52(80)38(31-68)63-54(82)47(33(5)6)64-42(71)29-56-50(78)36(61-53(39)81)22-19-26-66(84)44(73)10-3/h16-17,33-39,47,68,83-85H,8-15,18-32H2,1-7H3,(H,55,76)(H,56,78)(H,57,77)(H,58,79)(H,59,70)(H,60,69)(H,61,81)(H,62,80)(H,63,82)(H,64,71)/b17-16-/t34-,35?,36?,37?,38+,39+,47-/m1/s1. The molecular formula is C54H91N13O19. The van der Waals surface area contributed by atoms with E-state index in [0.717, 1.165) is 25.7 Å². The first kappa shape index (κ1) is 76.2. The molecule has 1 heterocycles. The Kier molecular flexibility index (Phi) is 37.2. The smallest absolute Gasteiger partial charge is 0.325 e. The van der Waals surface area contributed by atoms with E-state index in [-0.39, 0.29) is 83.8 Å². The lowest BCUT2D eigenvalue weighted by Crippen LogP contribution is -2.60. The lowest BCUT2D eigenvalue weighted by atomic mass is 10.0. The summed E-state index contributed by atoms with van der Waals surface area (Å²) in [6, 6.07) is -11.0. The van der Waals surface area contributed by atoms with Crippen LogP contribution in [0.5, 0.6) is 0 Å². The van der Waals surface area contributed by atoms with Crippen LogP contribution in [0.3, 0.4) is 0 Å². The quantitative estimate of drug-likeness (QED) is 0.0143. The predicted octanol–water partition coefficient (Wildman–Crippen LogP) is -2.91. The first-order valence-electron chi connectivity index (χ1n) is 29.0. The van der Waals surface area contributed by atoms with Crippen molar-refractivity contribution < 1.29 is 92.6 Å². The lowest BCUT2D eigenvalue weighted by Gasteiger charge is -2.27. The fourth-order valence-corrected chi connectivity index (χ4v) is 8.00. The number of rotatable bonds is 25. The Bertz CT molecular complexity index is 2320. The van der Waals surface area contributed by atoms with Crippen molar-refractivity contribution in [1.29, 1.82) is 0 Å². The van der Waals surface area contributed by atoms with E-state index in [4.69, 9.17) is 4.74 Å². The van der Waals surface area contributed by atoms with E-state index in [0.29, 0.717) is 21.6 Å². The van der Waals surface area contributed by atoms with Gasteiger partial charge in [-0.05, 0) is 64.2 Å². The van der Waals surface area contributed by atoms with Gasteiger partial charge in [-0.25, -0.2) is 15.2 Å². The Morgan fingerprint density at radius 1 is 0.547 bits per heavy atom. The van der Waals surface area contributed by atoms with Crippen molar-refractivity contribution in [3.05, 3.63) is 12.2 Å². The molecule has 1 saturated heterocycles. The second-order valence-electron chi connectivity index (χ2n) is 20.5. The highest BCUT2D eigenvalue weighted by atomic mass is 16.5. The molecule has 0 aromatic carbocycles. The maximum atomic E-state index is 14.1. The molecule has 14 N–H and O–H groups in total. The van der Waals surface area contributed by atoms with Gasteiger partial charge in [-0.2, -0.15) is 0 Å². The summed E-state index contributed by atoms with van der Waals surface area (Å²) in [6.45, 7) is 5.31. The Balaban J connectivity index is 3.83. The largest absolute Gasteiger partial charge is 0.462 e. The number of hydrogen-bond donors (Lipinski definition) is 14. The Hall–Kier alpha value is -7.84. The summed E-state index contributed by atoms with van der Waals surface area (Å²) in [7, 11) is 0. The Morgan fingerprint density at radius 2 is 1.00 bits per heavy atom. The molecule has 0 aromatic rings. The van der Waals surface area contributed by atoms with Gasteiger partial charge < -0.3 is 63.0 Å². The Labute approximate surface area is 500 Å². The number of aliphatic hydroxyl groups excluding tert-OH is 1. The maximum Gasteiger partial charge on any atom is 0.325 e. The molecule has 32 nitrogen and oxygen atoms in total. The van der Waals surface area contributed by atoms with Gasteiger partial charge in [-0.1, -0.05) is 73.0 Å². The number of amides is 13. The summed E-state index contributed by atoms with van der Waals surface area (Å²) < 4.78 is 5.32. The number of carbonyl (C=O) groups is 14. The zero-order chi connectivity index (χ0) is 64.9. The predicted molar refractivity (Wildman–Crippen MR) is 303 cm³/mol. The zero-order valence-corrected chi connectivity index (χ0v) is 50.3. The third kappa shape index (κ3) is 30.3. The van der Waals surface area contributed by atoms with Crippen LogP contribution in [0.4, 0.5) is 0 Å². The normalized spacial score (nSPS) is 21.6. The summed E-state index contributed by atoms with van der Waals surface area (Å²) in [4.78, 5) is 185. The molecule has 1 aliphatic rings. The van der Waals surface area contributed by atoms with Crippen LogP contribution < -0.4 is 53.2 Å². The summed E-state index contributed by atoms with van der Waals surface area (Å²) in [5, 5.41) is 65.6. The molecule has 1 fully saturated rings. The number of unbranched alkanes of at least 4 members (excludes halogenated alkanes) is 4. The second-order valence-corrected chi connectivity index (χ2v) is 20.5. The summed E-state index contributed by atoms with van der Waals surface area (Å²) in [6.07, 6.45) is 6.21. The number of cyclic esters (lactones) is 1. The fraction of sp³-hybridized carbons (Fsp3) is 0.704. The molecule has 1 rings (SSSR count). The number of nitrogens with one attached hydrogen (secondary N) is 10.